The number of unbranched alkanes of at least 4 members (excludes halogenated alkanes) is 2. The van der Waals surface area contributed by atoms with E-state index < -0.39 is 0 Å². The van der Waals surface area contributed by atoms with Crippen molar-refractivity contribution >= 4 is 6.29 Å². The van der Waals surface area contributed by atoms with Gasteiger partial charge in [-0.15, -0.1) is 0 Å². The Hall–Kier alpha value is 1.25. The van der Waals surface area contributed by atoms with Crippen LogP contribution in [0.4, 0.5) is 0 Å². The second kappa shape index (κ2) is 16.1. The van der Waals surface area contributed by atoms with Gasteiger partial charge in [-0.2, -0.15) is 0 Å². The van der Waals surface area contributed by atoms with E-state index in [2.05, 4.69) is 17.4 Å². The zero-order chi connectivity index (χ0) is 7.54. The summed E-state index contributed by atoms with van der Waals surface area (Å²) in [5.41, 5.74) is 0. The standard InChI is InChI=1S/C5H9O.La.O.V/c1-2-3-4-5-6;;;/h5H,1-4H2;;;. The van der Waals surface area contributed by atoms with Crippen molar-refractivity contribution in [1.29, 1.82) is 0 Å². The molecule has 0 spiro atoms. The molecule has 0 unspecified atom stereocenters. The summed E-state index contributed by atoms with van der Waals surface area (Å²) in [5, 5.41) is 1.14. The van der Waals surface area contributed by atoms with Crippen LogP contribution in [0.1, 0.15) is 19.3 Å². The Morgan fingerprint density at radius 1 is 1.33 bits per heavy atom. The quantitative estimate of drug-likeness (QED) is 0.576. The topological polar surface area (TPSA) is 34.1 Å². The Kier molecular flexibility index (Phi) is 23.1. The Balaban J connectivity index is 0. The van der Waals surface area contributed by atoms with Crippen molar-refractivity contribution < 1.29 is 57.7 Å². The van der Waals surface area contributed by atoms with Crippen molar-refractivity contribution in [2.75, 3.05) is 0 Å². The normalized spacial score (nSPS) is 7.33. The Morgan fingerprint density at radius 2 is 1.89 bits per heavy atom. The van der Waals surface area contributed by atoms with Gasteiger partial charge in [0.15, 0.2) is 0 Å². The van der Waals surface area contributed by atoms with Gasteiger partial charge in [0.2, 0.25) is 0 Å². The fourth-order valence-electron chi connectivity index (χ4n) is 0.339. The van der Waals surface area contributed by atoms with Crippen LogP contribution in [0.25, 0.3) is 0 Å². The zero-order valence-corrected chi connectivity index (χ0v) is 10.3. The van der Waals surface area contributed by atoms with E-state index >= 15 is 0 Å². The first-order valence-corrected chi connectivity index (χ1v) is 5.16. The SMILES string of the molecule is O=CCCC[CH2][V].[O]=[La]. The molecule has 0 heterocycles. The molecule has 0 aliphatic carbocycles. The molecule has 4 heteroatoms. The van der Waals surface area contributed by atoms with Gasteiger partial charge in [0.05, 0.1) is 0 Å². The third-order valence-corrected chi connectivity index (χ3v) is 1.22. The van der Waals surface area contributed by atoms with E-state index in [1.165, 1.54) is 6.42 Å². The summed E-state index contributed by atoms with van der Waals surface area (Å²) in [6.45, 7) is 0. The number of aldehydes is 1. The van der Waals surface area contributed by atoms with E-state index in [0.29, 0.717) is 0 Å². The van der Waals surface area contributed by atoms with Gasteiger partial charge in [0.25, 0.3) is 0 Å². The third kappa shape index (κ3) is 17.6. The van der Waals surface area contributed by atoms with E-state index in [1.807, 2.05) is 0 Å². The molecule has 9 heavy (non-hydrogen) atoms. The van der Waals surface area contributed by atoms with Gasteiger partial charge in [0.1, 0.15) is 0 Å². The number of carbonyl (C=O) groups is 1. The van der Waals surface area contributed by atoms with Gasteiger partial charge in [-0.1, -0.05) is 0 Å². The van der Waals surface area contributed by atoms with Gasteiger partial charge in [-0.05, 0) is 0 Å². The van der Waals surface area contributed by atoms with Crippen LogP contribution in [0.5, 0.6) is 0 Å². The minimum atomic E-state index is -0.0833. The van der Waals surface area contributed by atoms with E-state index in [0.717, 1.165) is 24.3 Å². The Bertz CT molecular complexity index is 60.9. The minimum absolute atomic E-state index is 0.0833. The van der Waals surface area contributed by atoms with Crippen molar-refractivity contribution in [3.8, 4) is 0 Å². The van der Waals surface area contributed by atoms with Crippen LogP contribution in [0.15, 0.2) is 0 Å². The maximum absolute atomic E-state index is 9.67. The van der Waals surface area contributed by atoms with Gasteiger partial charge < -0.3 is 0 Å². The molecule has 0 rings (SSSR count). The summed E-state index contributed by atoms with van der Waals surface area (Å²) in [5.74, 6) is 0. The summed E-state index contributed by atoms with van der Waals surface area (Å²) < 4.78 is 8.42. The molecule has 49 valence electrons. The first-order chi connectivity index (χ1) is 4.41. The molecule has 0 saturated heterocycles. The van der Waals surface area contributed by atoms with Crippen molar-refractivity contribution in [1.82, 2.24) is 0 Å². The number of hydrogen-bond donors (Lipinski definition) is 0. The predicted molar refractivity (Wildman–Crippen MR) is 25.4 cm³/mol. The van der Waals surface area contributed by atoms with Gasteiger partial charge in [-0.3, -0.25) is 0 Å². The molecule has 0 aliphatic heterocycles. The van der Waals surface area contributed by atoms with E-state index in [4.69, 9.17) is 1.70 Å². The number of rotatable bonds is 4. The first-order valence-electron chi connectivity index (χ1n) is 2.70. The summed E-state index contributed by atoms with van der Waals surface area (Å²) in [4.78, 5) is 9.67. The Morgan fingerprint density at radius 3 is 2.22 bits per heavy atom. The van der Waals surface area contributed by atoms with E-state index in [1.54, 1.807) is 0 Å². The van der Waals surface area contributed by atoms with Crippen molar-refractivity contribution in [3.05, 3.63) is 0 Å². The van der Waals surface area contributed by atoms with Crippen LogP contribution in [0.3, 0.4) is 0 Å². The fraction of sp³-hybridized carbons (Fsp3) is 0.800. The second-order valence-corrected chi connectivity index (χ2v) is 2.08. The van der Waals surface area contributed by atoms with E-state index in [-0.39, 0.29) is 33.8 Å². The molecule has 0 N–H and O–H groups in total. The molecule has 0 fully saturated rings. The second-order valence-electron chi connectivity index (χ2n) is 1.39. The average Bonchev–Trinajstić information content (AvgIpc) is 1.94. The molecule has 0 aromatic heterocycles. The molecule has 0 amide bonds. The molecule has 0 atom stereocenters. The maximum atomic E-state index is 9.67. The van der Waals surface area contributed by atoms with Crippen LogP contribution in [0, 0.1) is 33.8 Å². The summed E-state index contributed by atoms with van der Waals surface area (Å²) in [7, 11) is 0. The number of carbonyl (C=O) groups excluding carboxylic acids is 1. The van der Waals surface area contributed by atoms with Gasteiger partial charge in [0, 0.05) is 0 Å². The van der Waals surface area contributed by atoms with Crippen molar-refractivity contribution in [2.24, 2.45) is 0 Å². The van der Waals surface area contributed by atoms with Crippen molar-refractivity contribution in [2.45, 2.75) is 24.4 Å². The molecule has 0 aliphatic rings. The zero-order valence-electron chi connectivity index (χ0n) is 5.25. The molecular weight excluding hydrogens is 282 g/mol. The van der Waals surface area contributed by atoms with Crippen LogP contribution in [-0.4, -0.2) is 6.29 Å². The molecule has 0 aromatic rings. The summed E-state index contributed by atoms with van der Waals surface area (Å²) in [6, 6.07) is 0. The Labute approximate surface area is 87.5 Å². The molecule has 0 bridgehead atoms. The monoisotopic (exact) mass is 291 g/mol. The predicted octanol–water partition coefficient (Wildman–Crippen LogP) is 1.20. The summed E-state index contributed by atoms with van der Waals surface area (Å²) >= 11 is 2.42. The molecule has 2 nitrogen and oxygen atoms in total. The van der Waals surface area contributed by atoms with Crippen LogP contribution >= 0.6 is 0 Å². The fourth-order valence-corrected chi connectivity index (χ4v) is 0.689. The first kappa shape index (κ1) is 12.9. The van der Waals surface area contributed by atoms with Crippen LogP contribution < -0.4 is 0 Å². The average molecular weight is 291 g/mol. The van der Waals surface area contributed by atoms with Gasteiger partial charge >= 0.3 is 88.4 Å². The van der Waals surface area contributed by atoms with Crippen molar-refractivity contribution in [3.63, 3.8) is 0 Å². The molecule has 0 saturated carbocycles. The third-order valence-electron chi connectivity index (χ3n) is 0.730. The van der Waals surface area contributed by atoms with Crippen LogP contribution in [0.2, 0.25) is 5.13 Å². The number of hydrogen-bond acceptors (Lipinski definition) is 2. The summed E-state index contributed by atoms with van der Waals surface area (Å²) in [6.07, 6.45) is 3.93. The molecule has 0 aromatic carbocycles. The van der Waals surface area contributed by atoms with Gasteiger partial charge in [-0.25, -0.2) is 0 Å². The van der Waals surface area contributed by atoms with E-state index in [9.17, 15) is 4.79 Å². The molecular formula is C5H9LaO2V. The molecule has 0 radical (unpaired) electrons. The van der Waals surface area contributed by atoms with Crippen LogP contribution in [-0.2, 0) is 23.9 Å².